The molecule has 6 nitrogen and oxygen atoms in total. The molecule has 3 N–H and O–H groups in total. The van der Waals surface area contributed by atoms with Crippen molar-refractivity contribution in [1.82, 2.24) is 25.1 Å². The Balaban J connectivity index is 1.43. The third-order valence-corrected chi connectivity index (χ3v) is 6.30. The molecule has 0 unspecified atom stereocenters. The number of nitrogens with one attached hydrogen (secondary N) is 3. The van der Waals surface area contributed by atoms with E-state index in [1.165, 1.54) is 12.1 Å². The highest BCUT2D eigenvalue weighted by molar-refractivity contribution is 6.00. The zero-order chi connectivity index (χ0) is 24.6. The highest BCUT2D eigenvalue weighted by Crippen LogP contribution is 2.35. The van der Waals surface area contributed by atoms with Crippen molar-refractivity contribution in [2.45, 2.75) is 13.3 Å². The standard InChI is InChI=1S/C29H23FN6/c1-3-17(2)33-22-12-20(15-31-16-22)18-7-8-26-25(13-18)28(36-35-26)27-14-24-23(9-10-32-29(24)34-27)19-5-4-6-21(30)11-19/h4-16,33H,2-3H2,1H3,(H,32,34)(H,35,36). The van der Waals surface area contributed by atoms with Crippen LogP contribution in [0, 0.1) is 5.82 Å². The molecule has 176 valence electrons. The number of fused-ring (bicyclic) bond motifs is 2. The lowest BCUT2D eigenvalue weighted by Crippen LogP contribution is -1.97. The highest BCUT2D eigenvalue weighted by Gasteiger charge is 2.15. The van der Waals surface area contributed by atoms with E-state index in [0.717, 1.165) is 73.4 Å². The van der Waals surface area contributed by atoms with Crippen LogP contribution in [0.2, 0.25) is 0 Å². The zero-order valence-corrected chi connectivity index (χ0v) is 19.6. The van der Waals surface area contributed by atoms with Crippen LogP contribution < -0.4 is 5.32 Å². The van der Waals surface area contributed by atoms with Crippen LogP contribution in [-0.2, 0) is 0 Å². The summed E-state index contributed by atoms with van der Waals surface area (Å²) in [5.74, 6) is -0.271. The van der Waals surface area contributed by atoms with E-state index in [4.69, 9.17) is 0 Å². The Hall–Kier alpha value is -4.78. The van der Waals surface area contributed by atoms with Crippen molar-refractivity contribution < 1.29 is 4.39 Å². The molecule has 36 heavy (non-hydrogen) atoms. The molecule has 7 heteroatoms. The summed E-state index contributed by atoms with van der Waals surface area (Å²) in [6.07, 6.45) is 6.21. The Bertz CT molecular complexity index is 1750. The van der Waals surface area contributed by atoms with Gasteiger partial charge in [0.1, 0.15) is 17.2 Å². The topological polar surface area (TPSA) is 82.3 Å². The number of rotatable bonds is 6. The lowest BCUT2D eigenvalue weighted by atomic mass is 10.0. The summed E-state index contributed by atoms with van der Waals surface area (Å²) >= 11 is 0. The van der Waals surface area contributed by atoms with Gasteiger partial charge in [-0.05, 0) is 65.6 Å². The van der Waals surface area contributed by atoms with Crippen LogP contribution in [0.25, 0.3) is 55.6 Å². The van der Waals surface area contributed by atoms with Crippen LogP contribution in [0.1, 0.15) is 13.3 Å². The van der Waals surface area contributed by atoms with Gasteiger partial charge in [-0.3, -0.25) is 10.1 Å². The van der Waals surface area contributed by atoms with Crippen molar-refractivity contribution >= 4 is 27.6 Å². The zero-order valence-electron chi connectivity index (χ0n) is 19.6. The molecule has 0 fully saturated rings. The normalized spacial score (nSPS) is 11.3. The molecular formula is C29H23FN6. The molecule has 0 saturated heterocycles. The van der Waals surface area contributed by atoms with Crippen molar-refractivity contribution in [3.8, 4) is 33.6 Å². The first-order valence-corrected chi connectivity index (χ1v) is 11.7. The lowest BCUT2D eigenvalue weighted by Gasteiger charge is -2.09. The van der Waals surface area contributed by atoms with Crippen molar-refractivity contribution in [1.29, 1.82) is 0 Å². The van der Waals surface area contributed by atoms with E-state index in [1.54, 1.807) is 18.5 Å². The quantitative estimate of drug-likeness (QED) is 0.236. The molecule has 0 aliphatic rings. The monoisotopic (exact) mass is 474 g/mol. The molecular weight excluding hydrogens is 451 g/mol. The largest absolute Gasteiger partial charge is 0.358 e. The molecule has 0 amide bonds. The van der Waals surface area contributed by atoms with Crippen molar-refractivity contribution in [3.05, 3.63) is 97.3 Å². The molecule has 4 aromatic heterocycles. The molecule has 0 atom stereocenters. The molecule has 0 radical (unpaired) electrons. The maximum atomic E-state index is 13.9. The van der Waals surface area contributed by atoms with Gasteiger partial charge in [0.05, 0.1) is 23.1 Å². The maximum absolute atomic E-state index is 13.9. The fourth-order valence-electron chi connectivity index (χ4n) is 4.42. The van der Waals surface area contributed by atoms with Gasteiger partial charge in [-0.1, -0.05) is 31.7 Å². The summed E-state index contributed by atoms with van der Waals surface area (Å²) in [6.45, 7) is 6.08. The number of allylic oxidation sites excluding steroid dienone is 1. The average molecular weight is 475 g/mol. The van der Waals surface area contributed by atoms with Crippen LogP contribution in [0.4, 0.5) is 10.1 Å². The Kier molecular flexibility index (Phi) is 5.30. The number of halogens is 1. The summed E-state index contributed by atoms with van der Waals surface area (Å²) in [4.78, 5) is 12.3. The average Bonchev–Trinajstić information content (AvgIpc) is 3.52. The van der Waals surface area contributed by atoms with Gasteiger partial charge in [0, 0.05) is 34.4 Å². The second-order valence-electron chi connectivity index (χ2n) is 8.69. The molecule has 0 saturated carbocycles. The second kappa shape index (κ2) is 8.78. The smallest absolute Gasteiger partial charge is 0.138 e. The first-order chi connectivity index (χ1) is 17.6. The van der Waals surface area contributed by atoms with Gasteiger partial charge in [0.2, 0.25) is 0 Å². The second-order valence-corrected chi connectivity index (χ2v) is 8.69. The minimum atomic E-state index is -0.271. The first kappa shape index (κ1) is 21.7. The summed E-state index contributed by atoms with van der Waals surface area (Å²) < 4.78 is 13.9. The van der Waals surface area contributed by atoms with Gasteiger partial charge >= 0.3 is 0 Å². The lowest BCUT2D eigenvalue weighted by molar-refractivity contribution is 0.628. The number of nitrogens with zero attached hydrogens (tertiary/aromatic N) is 3. The Morgan fingerprint density at radius 2 is 1.89 bits per heavy atom. The van der Waals surface area contributed by atoms with Gasteiger partial charge in [-0.15, -0.1) is 0 Å². The number of aromatic amines is 2. The number of hydrogen-bond acceptors (Lipinski definition) is 4. The van der Waals surface area contributed by atoms with E-state index in [-0.39, 0.29) is 5.82 Å². The van der Waals surface area contributed by atoms with Crippen LogP contribution >= 0.6 is 0 Å². The number of anilines is 1. The Labute approximate surface area is 206 Å². The van der Waals surface area contributed by atoms with E-state index in [9.17, 15) is 4.39 Å². The van der Waals surface area contributed by atoms with Gasteiger partial charge in [0.25, 0.3) is 0 Å². The van der Waals surface area contributed by atoms with Crippen LogP contribution in [0.3, 0.4) is 0 Å². The van der Waals surface area contributed by atoms with E-state index in [0.29, 0.717) is 0 Å². The fourth-order valence-corrected chi connectivity index (χ4v) is 4.42. The summed E-state index contributed by atoms with van der Waals surface area (Å²) in [5, 5.41) is 12.9. The maximum Gasteiger partial charge on any atom is 0.138 e. The SMILES string of the molecule is C=C(CC)Nc1cncc(-c2ccc3[nH]nc(-c4cc5c(-c6cccc(F)c6)ccnc5[nH]4)c3c2)c1. The predicted molar refractivity (Wildman–Crippen MR) is 143 cm³/mol. The van der Waals surface area contributed by atoms with Crippen molar-refractivity contribution in [3.63, 3.8) is 0 Å². The Morgan fingerprint density at radius 3 is 2.75 bits per heavy atom. The predicted octanol–water partition coefficient (Wildman–Crippen LogP) is 7.31. The van der Waals surface area contributed by atoms with Crippen molar-refractivity contribution in [2.75, 3.05) is 5.32 Å². The number of aromatic nitrogens is 5. The summed E-state index contributed by atoms with van der Waals surface area (Å²) in [6, 6.07) is 18.7. The van der Waals surface area contributed by atoms with Crippen LogP contribution in [0.15, 0.2) is 91.5 Å². The van der Waals surface area contributed by atoms with Gasteiger partial charge in [-0.25, -0.2) is 9.37 Å². The fraction of sp³-hybridized carbons (Fsp3) is 0.0690. The molecule has 2 aromatic carbocycles. The van der Waals surface area contributed by atoms with Gasteiger partial charge in [0.15, 0.2) is 0 Å². The van der Waals surface area contributed by atoms with Crippen molar-refractivity contribution in [2.24, 2.45) is 0 Å². The van der Waals surface area contributed by atoms with Crippen LogP contribution in [-0.4, -0.2) is 25.1 Å². The molecule has 0 aliphatic carbocycles. The molecule has 4 heterocycles. The van der Waals surface area contributed by atoms with E-state index >= 15 is 0 Å². The van der Waals surface area contributed by atoms with E-state index in [1.807, 2.05) is 30.5 Å². The van der Waals surface area contributed by atoms with E-state index in [2.05, 4.69) is 62.2 Å². The van der Waals surface area contributed by atoms with Crippen LogP contribution in [0.5, 0.6) is 0 Å². The van der Waals surface area contributed by atoms with Gasteiger partial charge in [-0.2, -0.15) is 5.10 Å². The molecule has 0 spiro atoms. The minimum Gasteiger partial charge on any atom is -0.358 e. The number of benzene rings is 2. The summed E-state index contributed by atoms with van der Waals surface area (Å²) in [7, 11) is 0. The Morgan fingerprint density at radius 1 is 0.972 bits per heavy atom. The molecule has 0 bridgehead atoms. The summed E-state index contributed by atoms with van der Waals surface area (Å²) in [5.41, 5.74) is 8.83. The number of H-pyrrole nitrogens is 2. The third-order valence-electron chi connectivity index (χ3n) is 6.30. The highest BCUT2D eigenvalue weighted by atomic mass is 19.1. The number of pyridine rings is 2. The van der Waals surface area contributed by atoms with E-state index < -0.39 is 0 Å². The third kappa shape index (κ3) is 3.90. The molecule has 6 rings (SSSR count). The first-order valence-electron chi connectivity index (χ1n) is 11.7. The molecule has 6 aromatic rings. The minimum absolute atomic E-state index is 0.271. The molecule has 0 aliphatic heterocycles. The number of hydrogen-bond donors (Lipinski definition) is 3. The van der Waals surface area contributed by atoms with Gasteiger partial charge < -0.3 is 10.3 Å².